The van der Waals surface area contributed by atoms with Crippen molar-refractivity contribution in [1.82, 2.24) is 15.2 Å². The Morgan fingerprint density at radius 1 is 1.53 bits per heavy atom. The lowest BCUT2D eigenvalue weighted by atomic mass is 10.0. The first-order chi connectivity index (χ1) is 9.20. The van der Waals surface area contributed by atoms with Crippen LogP contribution < -0.4 is 16.0 Å². The van der Waals surface area contributed by atoms with E-state index in [4.69, 9.17) is 10.6 Å². The van der Waals surface area contributed by atoms with Crippen LogP contribution in [0.5, 0.6) is 5.75 Å². The molecule has 2 aromatic rings. The minimum absolute atomic E-state index is 0.104. The maximum atomic E-state index is 5.74. The summed E-state index contributed by atoms with van der Waals surface area (Å²) < 4.78 is 8.28. The summed E-state index contributed by atoms with van der Waals surface area (Å²) in [5, 5.41) is 4.23. The standard InChI is InChI=1S/C13H15BrN4O/c1-18-13(10(14)7-16-18)12(17-15)9-2-3-11-8(6-9)4-5-19-11/h2-3,6-7,12,17H,4-5,15H2,1H3. The zero-order valence-corrected chi connectivity index (χ0v) is 12.1. The first kappa shape index (κ1) is 12.7. The third-order valence-electron chi connectivity index (χ3n) is 3.42. The number of aromatic nitrogens is 2. The zero-order valence-electron chi connectivity index (χ0n) is 10.6. The van der Waals surface area contributed by atoms with Crippen LogP contribution in [-0.4, -0.2) is 16.4 Å². The van der Waals surface area contributed by atoms with Gasteiger partial charge in [-0.2, -0.15) is 5.10 Å². The molecule has 0 spiro atoms. The molecule has 1 aliphatic rings. The molecule has 0 aliphatic carbocycles. The third-order valence-corrected chi connectivity index (χ3v) is 4.04. The van der Waals surface area contributed by atoms with Gasteiger partial charge in [0.1, 0.15) is 5.75 Å². The summed E-state index contributed by atoms with van der Waals surface area (Å²) in [6.07, 6.45) is 2.73. The van der Waals surface area contributed by atoms with Crippen molar-refractivity contribution in [2.24, 2.45) is 12.9 Å². The molecule has 2 heterocycles. The molecule has 100 valence electrons. The van der Waals surface area contributed by atoms with E-state index in [-0.39, 0.29) is 6.04 Å². The van der Waals surface area contributed by atoms with E-state index in [1.54, 1.807) is 6.20 Å². The van der Waals surface area contributed by atoms with E-state index in [0.717, 1.165) is 34.5 Å². The van der Waals surface area contributed by atoms with Gasteiger partial charge in [0.2, 0.25) is 0 Å². The molecule has 1 atom stereocenters. The number of halogens is 1. The molecule has 0 saturated heterocycles. The Morgan fingerprint density at radius 3 is 3.05 bits per heavy atom. The van der Waals surface area contributed by atoms with Crippen LogP contribution in [-0.2, 0) is 13.5 Å². The Morgan fingerprint density at radius 2 is 2.37 bits per heavy atom. The molecule has 0 radical (unpaired) electrons. The Hall–Kier alpha value is -1.37. The molecule has 0 fully saturated rings. The summed E-state index contributed by atoms with van der Waals surface area (Å²) in [5.74, 6) is 6.71. The topological polar surface area (TPSA) is 65.1 Å². The Labute approximate surface area is 119 Å². The Balaban J connectivity index is 2.03. The van der Waals surface area contributed by atoms with E-state index in [1.165, 1.54) is 5.56 Å². The van der Waals surface area contributed by atoms with E-state index >= 15 is 0 Å². The Bertz CT molecular complexity index is 591. The van der Waals surface area contributed by atoms with Crippen molar-refractivity contribution < 1.29 is 4.74 Å². The molecule has 1 aromatic heterocycles. The molecular formula is C13H15BrN4O. The fourth-order valence-corrected chi connectivity index (χ4v) is 3.04. The average Bonchev–Trinajstić information content (AvgIpc) is 3.00. The number of hydrazine groups is 1. The van der Waals surface area contributed by atoms with Crippen molar-refractivity contribution in [3.63, 3.8) is 0 Å². The summed E-state index contributed by atoms with van der Waals surface area (Å²) in [5.41, 5.74) is 6.20. The highest BCUT2D eigenvalue weighted by atomic mass is 79.9. The van der Waals surface area contributed by atoms with E-state index in [2.05, 4.69) is 32.5 Å². The van der Waals surface area contributed by atoms with Crippen LogP contribution in [0.15, 0.2) is 28.9 Å². The second kappa shape index (κ2) is 4.96. The molecule has 6 heteroatoms. The second-order valence-corrected chi connectivity index (χ2v) is 5.42. The van der Waals surface area contributed by atoms with Gasteiger partial charge in [-0.1, -0.05) is 6.07 Å². The summed E-state index contributed by atoms with van der Waals surface area (Å²) in [6, 6.07) is 6.08. The first-order valence-electron chi connectivity index (χ1n) is 6.10. The van der Waals surface area contributed by atoms with Gasteiger partial charge in [-0.15, -0.1) is 0 Å². The maximum Gasteiger partial charge on any atom is 0.122 e. The van der Waals surface area contributed by atoms with Gasteiger partial charge < -0.3 is 4.74 Å². The van der Waals surface area contributed by atoms with Crippen LogP contribution in [0.3, 0.4) is 0 Å². The number of nitrogens with two attached hydrogens (primary N) is 1. The third kappa shape index (κ3) is 2.16. The van der Waals surface area contributed by atoms with Crippen LogP contribution in [0.2, 0.25) is 0 Å². The quantitative estimate of drug-likeness (QED) is 0.666. The highest BCUT2D eigenvalue weighted by molar-refractivity contribution is 9.10. The number of nitrogens with one attached hydrogen (secondary N) is 1. The van der Waals surface area contributed by atoms with Crippen LogP contribution in [0.25, 0.3) is 0 Å². The lowest BCUT2D eigenvalue weighted by molar-refractivity contribution is 0.356. The highest BCUT2D eigenvalue weighted by Gasteiger charge is 2.22. The molecule has 1 aliphatic heterocycles. The van der Waals surface area contributed by atoms with Crippen molar-refractivity contribution >= 4 is 15.9 Å². The molecule has 5 nitrogen and oxygen atoms in total. The summed E-state index contributed by atoms with van der Waals surface area (Å²) in [4.78, 5) is 0. The first-order valence-corrected chi connectivity index (χ1v) is 6.89. The van der Waals surface area contributed by atoms with Crippen molar-refractivity contribution in [1.29, 1.82) is 0 Å². The predicted molar refractivity (Wildman–Crippen MR) is 75.7 cm³/mol. The predicted octanol–water partition coefficient (Wildman–Crippen LogP) is 1.67. The Kier molecular flexibility index (Phi) is 3.30. The van der Waals surface area contributed by atoms with E-state index in [0.29, 0.717) is 0 Å². The minimum atomic E-state index is -0.104. The van der Waals surface area contributed by atoms with Gasteiger partial charge in [0.15, 0.2) is 0 Å². The molecule has 1 unspecified atom stereocenters. The minimum Gasteiger partial charge on any atom is -0.493 e. The largest absolute Gasteiger partial charge is 0.493 e. The summed E-state index contributed by atoms with van der Waals surface area (Å²) >= 11 is 3.51. The van der Waals surface area contributed by atoms with Gasteiger partial charge >= 0.3 is 0 Å². The molecule has 0 amide bonds. The van der Waals surface area contributed by atoms with Crippen molar-refractivity contribution in [2.45, 2.75) is 12.5 Å². The molecule has 1 aromatic carbocycles. The van der Waals surface area contributed by atoms with Gasteiger partial charge in [-0.3, -0.25) is 10.5 Å². The van der Waals surface area contributed by atoms with Crippen LogP contribution in [0, 0.1) is 0 Å². The monoisotopic (exact) mass is 322 g/mol. The number of rotatable bonds is 3. The van der Waals surface area contributed by atoms with Gasteiger partial charge in [0, 0.05) is 13.5 Å². The van der Waals surface area contributed by atoms with Crippen LogP contribution >= 0.6 is 15.9 Å². The van der Waals surface area contributed by atoms with Gasteiger partial charge in [-0.05, 0) is 39.2 Å². The van der Waals surface area contributed by atoms with Crippen molar-refractivity contribution in [3.05, 3.63) is 45.7 Å². The zero-order chi connectivity index (χ0) is 13.4. The van der Waals surface area contributed by atoms with Gasteiger partial charge in [0.25, 0.3) is 0 Å². The van der Waals surface area contributed by atoms with Crippen LogP contribution in [0.1, 0.15) is 22.9 Å². The lowest BCUT2D eigenvalue weighted by Gasteiger charge is -2.18. The number of hydrogen-bond donors (Lipinski definition) is 2. The molecule has 3 rings (SSSR count). The highest BCUT2D eigenvalue weighted by Crippen LogP contribution is 2.32. The van der Waals surface area contributed by atoms with Crippen molar-refractivity contribution in [3.8, 4) is 5.75 Å². The van der Waals surface area contributed by atoms with E-state index in [1.807, 2.05) is 23.9 Å². The fraction of sp³-hybridized carbons (Fsp3) is 0.308. The number of aryl methyl sites for hydroxylation is 1. The average molecular weight is 323 g/mol. The van der Waals surface area contributed by atoms with E-state index in [9.17, 15) is 0 Å². The molecule has 3 N–H and O–H groups in total. The lowest BCUT2D eigenvalue weighted by Crippen LogP contribution is -2.30. The normalized spacial score (nSPS) is 15.1. The number of fused-ring (bicyclic) bond motifs is 1. The van der Waals surface area contributed by atoms with Crippen LogP contribution in [0.4, 0.5) is 0 Å². The summed E-state index contributed by atoms with van der Waals surface area (Å²) in [7, 11) is 1.90. The number of hydrogen-bond acceptors (Lipinski definition) is 4. The number of nitrogens with zero attached hydrogens (tertiary/aromatic N) is 2. The fourth-order valence-electron chi connectivity index (χ4n) is 2.46. The SMILES string of the molecule is Cn1ncc(Br)c1C(NN)c1ccc2c(c1)CCO2. The summed E-state index contributed by atoms with van der Waals surface area (Å²) in [6.45, 7) is 0.759. The number of ether oxygens (including phenoxy) is 1. The van der Waals surface area contributed by atoms with E-state index < -0.39 is 0 Å². The van der Waals surface area contributed by atoms with Crippen molar-refractivity contribution in [2.75, 3.05) is 6.61 Å². The molecular weight excluding hydrogens is 308 g/mol. The second-order valence-electron chi connectivity index (χ2n) is 4.57. The smallest absolute Gasteiger partial charge is 0.122 e. The maximum absolute atomic E-state index is 5.74. The number of benzene rings is 1. The molecule has 0 saturated carbocycles. The van der Waals surface area contributed by atoms with Gasteiger partial charge in [-0.25, -0.2) is 5.43 Å². The molecule has 0 bridgehead atoms. The van der Waals surface area contributed by atoms with Gasteiger partial charge in [0.05, 0.1) is 29.0 Å². The molecule has 19 heavy (non-hydrogen) atoms.